The van der Waals surface area contributed by atoms with Gasteiger partial charge in [0.2, 0.25) is 5.91 Å². The van der Waals surface area contributed by atoms with E-state index in [0.717, 1.165) is 29.4 Å². The summed E-state index contributed by atoms with van der Waals surface area (Å²) < 4.78 is 2.06. The van der Waals surface area contributed by atoms with E-state index in [9.17, 15) is 4.79 Å². The van der Waals surface area contributed by atoms with Gasteiger partial charge >= 0.3 is 0 Å². The van der Waals surface area contributed by atoms with Crippen molar-refractivity contribution < 1.29 is 4.79 Å². The second kappa shape index (κ2) is 7.73. The number of anilines is 1. The number of carbonyl (C=O) groups excluding carboxylic acids is 1. The van der Waals surface area contributed by atoms with Crippen molar-refractivity contribution in [3.8, 4) is 0 Å². The van der Waals surface area contributed by atoms with E-state index in [1.165, 1.54) is 25.7 Å². The van der Waals surface area contributed by atoms with Gasteiger partial charge in [0.25, 0.3) is 0 Å². The number of amides is 1. The van der Waals surface area contributed by atoms with Crippen LogP contribution >= 0.6 is 0 Å². The van der Waals surface area contributed by atoms with Crippen LogP contribution in [0, 0.1) is 5.92 Å². The van der Waals surface area contributed by atoms with Crippen LogP contribution in [0.4, 0.5) is 5.69 Å². The Bertz CT molecular complexity index is 865. The molecule has 0 aliphatic heterocycles. The second-order valence-electron chi connectivity index (χ2n) is 7.18. The van der Waals surface area contributed by atoms with Crippen LogP contribution in [-0.4, -0.2) is 15.3 Å². The van der Waals surface area contributed by atoms with E-state index < -0.39 is 0 Å². The van der Waals surface area contributed by atoms with Crippen molar-refractivity contribution in [1.29, 1.82) is 0 Å². The van der Waals surface area contributed by atoms with Gasteiger partial charge in [0.1, 0.15) is 5.65 Å². The number of fused-ring (bicyclic) bond motifs is 1. The molecule has 0 bridgehead atoms. The molecule has 1 aliphatic carbocycles. The van der Waals surface area contributed by atoms with Crippen LogP contribution in [0.5, 0.6) is 0 Å². The molecule has 4 nitrogen and oxygen atoms in total. The number of hydrogen-bond acceptors (Lipinski definition) is 2. The third kappa shape index (κ3) is 3.64. The van der Waals surface area contributed by atoms with Gasteiger partial charge in [0.05, 0.1) is 18.4 Å². The largest absolute Gasteiger partial charge is 0.306 e. The summed E-state index contributed by atoms with van der Waals surface area (Å²) in [6.45, 7) is 0.540. The lowest BCUT2D eigenvalue weighted by molar-refractivity contribution is -0.119. The van der Waals surface area contributed by atoms with E-state index in [-0.39, 0.29) is 5.91 Å². The van der Waals surface area contributed by atoms with E-state index in [2.05, 4.69) is 9.38 Å². The van der Waals surface area contributed by atoms with Gasteiger partial charge in [0.15, 0.2) is 0 Å². The molecule has 1 aromatic carbocycles. The minimum absolute atomic E-state index is 0.203. The summed E-state index contributed by atoms with van der Waals surface area (Å²) in [6.07, 6.45) is 10.7. The molecule has 3 aromatic rings. The fraction of sp³-hybridized carbons (Fsp3) is 0.364. The number of carbonyl (C=O) groups is 1. The molecule has 1 aliphatic rings. The summed E-state index contributed by atoms with van der Waals surface area (Å²) in [4.78, 5) is 19.4. The van der Waals surface area contributed by atoms with Crippen molar-refractivity contribution in [2.75, 3.05) is 4.90 Å². The highest BCUT2D eigenvalue weighted by Crippen LogP contribution is 2.29. The number of rotatable bonds is 6. The van der Waals surface area contributed by atoms with Crippen molar-refractivity contribution in [1.82, 2.24) is 9.38 Å². The minimum Gasteiger partial charge on any atom is -0.306 e. The maximum atomic E-state index is 13.1. The summed E-state index contributed by atoms with van der Waals surface area (Å²) in [6, 6.07) is 15.9. The number of aromatic nitrogens is 2. The maximum Gasteiger partial charge on any atom is 0.227 e. The number of pyridine rings is 1. The lowest BCUT2D eigenvalue weighted by atomic mass is 10.0. The van der Waals surface area contributed by atoms with Gasteiger partial charge in [-0.05, 0) is 36.6 Å². The average molecular weight is 347 g/mol. The van der Waals surface area contributed by atoms with Gasteiger partial charge in [-0.15, -0.1) is 0 Å². The highest BCUT2D eigenvalue weighted by Gasteiger charge is 2.21. The lowest BCUT2D eigenvalue weighted by Crippen LogP contribution is -2.31. The standard InChI is InChI=1S/C22H25N3O/c26-22(14-13-18-8-4-5-9-18)25(19-10-2-1-3-11-19)17-20-16-23-21-12-6-7-15-24(20)21/h1-3,6-7,10-12,15-16,18H,4-5,8-9,13-14,17H2. The molecule has 1 saturated carbocycles. The van der Waals surface area contributed by atoms with Crippen molar-refractivity contribution in [3.05, 3.63) is 66.6 Å². The van der Waals surface area contributed by atoms with Crippen LogP contribution in [0.2, 0.25) is 0 Å². The van der Waals surface area contributed by atoms with E-state index in [1.54, 1.807) is 0 Å². The molecule has 2 heterocycles. The normalized spacial score (nSPS) is 14.8. The topological polar surface area (TPSA) is 37.6 Å². The van der Waals surface area contributed by atoms with Gasteiger partial charge in [-0.3, -0.25) is 4.79 Å². The minimum atomic E-state index is 0.203. The van der Waals surface area contributed by atoms with E-state index in [1.807, 2.05) is 65.8 Å². The van der Waals surface area contributed by atoms with E-state index in [4.69, 9.17) is 0 Å². The molecular formula is C22H25N3O. The first-order valence-electron chi connectivity index (χ1n) is 9.57. The molecule has 0 spiro atoms. The molecule has 0 unspecified atom stereocenters. The van der Waals surface area contributed by atoms with Gasteiger partial charge in [-0.2, -0.15) is 0 Å². The molecule has 134 valence electrons. The third-order valence-corrected chi connectivity index (χ3v) is 5.42. The number of nitrogens with zero attached hydrogens (tertiary/aromatic N) is 3. The summed E-state index contributed by atoms with van der Waals surface area (Å²) in [5.74, 6) is 0.932. The van der Waals surface area contributed by atoms with Crippen LogP contribution in [-0.2, 0) is 11.3 Å². The van der Waals surface area contributed by atoms with Crippen LogP contribution in [0.1, 0.15) is 44.2 Å². The highest BCUT2D eigenvalue weighted by molar-refractivity contribution is 5.93. The smallest absolute Gasteiger partial charge is 0.227 e. The molecule has 26 heavy (non-hydrogen) atoms. The Kier molecular flexibility index (Phi) is 5.00. The molecule has 4 heteroatoms. The van der Waals surface area contributed by atoms with Crippen LogP contribution in [0.3, 0.4) is 0 Å². The fourth-order valence-electron chi connectivity index (χ4n) is 3.96. The number of para-hydroxylation sites is 1. The van der Waals surface area contributed by atoms with Gasteiger partial charge < -0.3 is 9.30 Å². The Morgan fingerprint density at radius 1 is 1.08 bits per heavy atom. The fourth-order valence-corrected chi connectivity index (χ4v) is 3.96. The first kappa shape index (κ1) is 16.8. The Morgan fingerprint density at radius 2 is 1.85 bits per heavy atom. The number of benzene rings is 1. The van der Waals surface area contributed by atoms with Crippen molar-refractivity contribution in [2.24, 2.45) is 5.92 Å². The summed E-state index contributed by atoms with van der Waals surface area (Å²) in [5, 5.41) is 0. The predicted molar refractivity (Wildman–Crippen MR) is 104 cm³/mol. The first-order valence-corrected chi connectivity index (χ1v) is 9.57. The lowest BCUT2D eigenvalue weighted by Gasteiger charge is -2.23. The molecule has 0 N–H and O–H groups in total. The Labute approximate surface area is 154 Å². The SMILES string of the molecule is O=C(CCC1CCCC1)N(Cc1cnc2ccccn12)c1ccccc1. The van der Waals surface area contributed by atoms with Gasteiger partial charge in [0, 0.05) is 18.3 Å². The molecule has 0 radical (unpaired) electrons. The summed E-state index contributed by atoms with van der Waals surface area (Å²) in [5.41, 5.74) is 2.89. The van der Waals surface area contributed by atoms with Gasteiger partial charge in [-0.25, -0.2) is 4.98 Å². The number of imidazole rings is 1. The molecule has 1 fully saturated rings. The summed E-state index contributed by atoms with van der Waals surface area (Å²) >= 11 is 0. The van der Waals surface area contributed by atoms with E-state index in [0.29, 0.717) is 13.0 Å². The second-order valence-corrected chi connectivity index (χ2v) is 7.18. The Hall–Kier alpha value is -2.62. The van der Waals surface area contributed by atoms with E-state index >= 15 is 0 Å². The quantitative estimate of drug-likeness (QED) is 0.640. The first-order chi connectivity index (χ1) is 12.8. The molecule has 4 rings (SSSR count). The highest BCUT2D eigenvalue weighted by atomic mass is 16.2. The maximum absolute atomic E-state index is 13.1. The Balaban J connectivity index is 1.55. The van der Waals surface area contributed by atoms with Crippen LogP contribution < -0.4 is 4.90 Å². The molecular weight excluding hydrogens is 322 g/mol. The van der Waals surface area contributed by atoms with Crippen molar-refractivity contribution in [3.63, 3.8) is 0 Å². The van der Waals surface area contributed by atoms with Crippen LogP contribution in [0.25, 0.3) is 5.65 Å². The zero-order valence-electron chi connectivity index (χ0n) is 15.1. The predicted octanol–water partition coefficient (Wildman–Crippen LogP) is 4.84. The molecule has 2 aromatic heterocycles. The third-order valence-electron chi connectivity index (χ3n) is 5.42. The monoisotopic (exact) mass is 347 g/mol. The van der Waals surface area contributed by atoms with Crippen molar-refractivity contribution >= 4 is 17.2 Å². The van der Waals surface area contributed by atoms with Crippen molar-refractivity contribution in [2.45, 2.75) is 45.1 Å². The summed E-state index contributed by atoms with van der Waals surface area (Å²) in [7, 11) is 0. The van der Waals surface area contributed by atoms with Gasteiger partial charge in [-0.1, -0.05) is 49.9 Å². The molecule has 1 amide bonds. The number of hydrogen-bond donors (Lipinski definition) is 0. The Morgan fingerprint density at radius 3 is 2.65 bits per heavy atom. The van der Waals surface area contributed by atoms with Crippen LogP contribution in [0.15, 0.2) is 60.9 Å². The zero-order chi connectivity index (χ0) is 17.8. The average Bonchev–Trinajstić information content (AvgIpc) is 3.35. The molecule has 0 atom stereocenters. The molecule has 0 saturated heterocycles. The zero-order valence-corrected chi connectivity index (χ0v) is 15.1.